The summed E-state index contributed by atoms with van der Waals surface area (Å²) in [6.07, 6.45) is 2.71. The van der Waals surface area contributed by atoms with Crippen molar-refractivity contribution >= 4 is 17.5 Å². The molecule has 0 unspecified atom stereocenters. The Bertz CT molecular complexity index is 1340. The van der Waals surface area contributed by atoms with E-state index >= 15 is 0 Å². The number of hydrogen-bond donors (Lipinski definition) is 1. The van der Waals surface area contributed by atoms with Crippen molar-refractivity contribution in [2.24, 2.45) is 7.05 Å². The molecule has 2 amide bonds. The van der Waals surface area contributed by atoms with Crippen LogP contribution in [0.1, 0.15) is 23.7 Å². The third kappa shape index (κ3) is 4.19. The summed E-state index contributed by atoms with van der Waals surface area (Å²) in [4.78, 5) is 26.2. The highest BCUT2D eigenvalue weighted by Crippen LogP contribution is 2.30. The summed E-state index contributed by atoms with van der Waals surface area (Å²) in [6.45, 7) is 2.58. The average Bonchev–Trinajstić information content (AvgIpc) is 3.45. The SMILES string of the molecule is CC(=O)Nc1ccc(CC(=O)N2CCc3c(c(-c4nncn4-c4ccccc4)nn3C)C2)cc1. The fourth-order valence-corrected chi connectivity index (χ4v) is 4.35. The maximum absolute atomic E-state index is 13.1. The summed E-state index contributed by atoms with van der Waals surface area (Å²) in [7, 11) is 1.93. The van der Waals surface area contributed by atoms with Gasteiger partial charge in [-0.2, -0.15) is 5.10 Å². The molecule has 1 aliphatic rings. The van der Waals surface area contributed by atoms with Gasteiger partial charge in [0.15, 0.2) is 5.82 Å². The molecule has 0 aliphatic carbocycles. The van der Waals surface area contributed by atoms with Crippen molar-refractivity contribution in [1.82, 2.24) is 29.4 Å². The molecule has 9 nitrogen and oxygen atoms in total. The van der Waals surface area contributed by atoms with Gasteiger partial charge in [-0.15, -0.1) is 10.2 Å². The number of rotatable bonds is 5. The van der Waals surface area contributed by atoms with Gasteiger partial charge in [0.2, 0.25) is 11.8 Å². The predicted molar refractivity (Wildman–Crippen MR) is 127 cm³/mol. The average molecular weight is 456 g/mol. The Balaban J connectivity index is 1.37. The monoisotopic (exact) mass is 455 g/mol. The van der Waals surface area contributed by atoms with Gasteiger partial charge in [0, 0.05) is 56.1 Å². The van der Waals surface area contributed by atoms with Gasteiger partial charge in [-0.25, -0.2) is 0 Å². The third-order valence-electron chi connectivity index (χ3n) is 6.02. The second-order valence-corrected chi connectivity index (χ2v) is 8.38. The van der Waals surface area contributed by atoms with Crippen LogP contribution in [0.2, 0.25) is 0 Å². The highest BCUT2D eigenvalue weighted by atomic mass is 16.2. The number of nitrogens with one attached hydrogen (secondary N) is 1. The molecule has 5 rings (SSSR count). The number of nitrogens with zero attached hydrogens (tertiary/aromatic N) is 6. The molecule has 0 saturated heterocycles. The van der Waals surface area contributed by atoms with E-state index in [0.29, 0.717) is 31.0 Å². The van der Waals surface area contributed by atoms with Gasteiger partial charge in [-0.05, 0) is 29.8 Å². The summed E-state index contributed by atoms with van der Waals surface area (Å²) >= 11 is 0. The van der Waals surface area contributed by atoms with Gasteiger partial charge < -0.3 is 10.2 Å². The fourth-order valence-electron chi connectivity index (χ4n) is 4.35. The molecule has 172 valence electrons. The first kappa shape index (κ1) is 21.6. The van der Waals surface area contributed by atoms with Crippen LogP contribution in [-0.4, -0.2) is 47.8 Å². The lowest BCUT2D eigenvalue weighted by atomic mass is 10.0. The molecule has 1 N–H and O–H groups in total. The van der Waals surface area contributed by atoms with Gasteiger partial charge in [0.1, 0.15) is 12.0 Å². The van der Waals surface area contributed by atoms with Gasteiger partial charge in [0.25, 0.3) is 0 Å². The van der Waals surface area contributed by atoms with Crippen LogP contribution in [0, 0.1) is 0 Å². The topological polar surface area (TPSA) is 97.9 Å². The first-order valence-electron chi connectivity index (χ1n) is 11.1. The van der Waals surface area contributed by atoms with Crippen LogP contribution in [0.4, 0.5) is 5.69 Å². The third-order valence-corrected chi connectivity index (χ3v) is 6.02. The van der Waals surface area contributed by atoms with E-state index in [4.69, 9.17) is 5.10 Å². The van der Waals surface area contributed by atoms with Crippen molar-refractivity contribution < 1.29 is 9.59 Å². The highest BCUT2D eigenvalue weighted by molar-refractivity contribution is 5.88. The van der Waals surface area contributed by atoms with E-state index in [2.05, 4.69) is 15.5 Å². The van der Waals surface area contributed by atoms with Crippen LogP contribution in [0.25, 0.3) is 17.2 Å². The number of hydrogen-bond acceptors (Lipinski definition) is 5. The maximum atomic E-state index is 13.1. The molecule has 0 spiro atoms. The Labute approximate surface area is 197 Å². The number of benzene rings is 2. The van der Waals surface area contributed by atoms with Gasteiger partial charge >= 0.3 is 0 Å². The lowest BCUT2D eigenvalue weighted by Crippen LogP contribution is -2.37. The number of fused-ring (bicyclic) bond motifs is 1. The summed E-state index contributed by atoms with van der Waals surface area (Å²) in [5.74, 6) is 0.589. The first-order valence-corrected chi connectivity index (χ1v) is 11.1. The summed E-state index contributed by atoms with van der Waals surface area (Å²) in [5, 5.41) is 16.0. The Hall–Kier alpha value is -4.27. The van der Waals surface area contributed by atoms with Crippen molar-refractivity contribution in [3.8, 4) is 17.2 Å². The number of para-hydroxylation sites is 1. The molecule has 0 fully saturated rings. The van der Waals surface area contributed by atoms with Crippen molar-refractivity contribution in [1.29, 1.82) is 0 Å². The number of anilines is 1. The van der Waals surface area contributed by atoms with Crippen LogP contribution >= 0.6 is 0 Å². The summed E-state index contributed by atoms with van der Waals surface area (Å²) < 4.78 is 3.80. The molecule has 2 aromatic heterocycles. The minimum Gasteiger partial charge on any atom is -0.338 e. The van der Waals surface area contributed by atoms with Gasteiger partial charge in [-0.1, -0.05) is 30.3 Å². The zero-order valence-corrected chi connectivity index (χ0v) is 19.1. The first-order chi connectivity index (χ1) is 16.5. The summed E-state index contributed by atoms with van der Waals surface area (Å²) in [6, 6.07) is 17.3. The molecule has 4 aromatic rings. The minimum absolute atomic E-state index is 0.0530. The Kier molecular flexibility index (Phi) is 5.67. The zero-order valence-electron chi connectivity index (χ0n) is 19.1. The number of aryl methyl sites for hydroxylation is 1. The molecular weight excluding hydrogens is 430 g/mol. The van der Waals surface area contributed by atoms with Crippen molar-refractivity contribution in [3.05, 3.63) is 77.7 Å². The van der Waals surface area contributed by atoms with Crippen molar-refractivity contribution in [3.63, 3.8) is 0 Å². The largest absolute Gasteiger partial charge is 0.338 e. The molecule has 1 aliphatic heterocycles. The Morgan fingerprint density at radius 1 is 1.06 bits per heavy atom. The smallest absolute Gasteiger partial charge is 0.227 e. The van der Waals surface area contributed by atoms with Gasteiger partial charge in [-0.3, -0.25) is 18.8 Å². The number of amides is 2. The normalized spacial score (nSPS) is 12.9. The molecule has 34 heavy (non-hydrogen) atoms. The fraction of sp³-hybridized carbons (Fsp3) is 0.240. The molecule has 2 aromatic carbocycles. The Morgan fingerprint density at radius 2 is 1.82 bits per heavy atom. The quantitative estimate of drug-likeness (QED) is 0.499. The van der Waals surface area contributed by atoms with E-state index in [-0.39, 0.29) is 11.8 Å². The molecule has 0 radical (unpaired) electrons. The molecule has 9 heteroatoms. The van der Waals surface area contributed by atoms with Crippen molar-refractivity contribution in [2.75, 3.05) is 11.9 Å². The molecule has 0 saturated carbocycles. The zero-order chi connectivity index (χ0) is 23.7. The van der Waals surface area contributed by atoms with Crippen LogP contribution in [0.3, 0.4) is 0 Å². The lowest BCUT2D eigenvalue weighted by Gasteiger charge is -2.28. The molecular formula is C25H25N7O2. The predicted octanol–water partition coefficient (Wildman–Crippen LogP) is 2.75. The number of carbonyl (C=O) groups excluding carboxylic acids is 2. The number of carbonyl (C=O) groups is 2. The van der Waals surface area contributed by atoms with Crippen LogP contribution in [0.15, 0.2) is 60.9 Å². The lowest BCUT2D eigenvalue weighted by molar-refractivity contribution is -0.131. The maximum Gasteiger partial charge on any atom is 0.227 e. The Morgan fingerprint density at radius 3 is 2.56 bits per heavy atom. The van der Waals surface area contributed by atoms with Crippen LogP contribution < -0.4 is 5.32 Å². The van der Waals surface area contributed by atoms with E-state index in [1.807, 2.05) is 75.8 Å². The molecule has 0 atom stereocenters. The van der Waals surface area contributed by atoms with Crippen LogP contribution in [0.5, 0.6) is 0 Å². The van der Waals surface area contributed by atoms with E-state index in [1.54, 1.807) is 6.33 Å². The van der Waals surface area contributed by atoms with Crippen molar-refractivity contribution in [2.45, 2.75) is 26.3 Å². The standard InChI is InChI=1S/C25H25N7O2/c1-17(33)27-19-10-8-18(9-11-19)14-23(34)31-13-12-22-21(15-31)24(29-30(22)2)25-28-26-16-32(25)20-6-4-3-5-7-20/h3-11,16H,12-15H2,1-2H3,(H,27,33). The van der Waals surface area contributed by atoms with E-state index in [1.165, 1.54) is 6.92 Å². The molecule has 3 heterocycles. The second kappa shape index (κ2) is 8.93. The highest BCUT2D eigenvalue weighted by Gasteiger charge is 2.29. The molecule has 0 bridgehead atoms. The summed E-state index contributed by atoms with van der Waals surface area (Å²) in [5.41, 5.74) is 5.44. The minimum atomic E-state index is -0.122. The van der Waals surface area contributed by atoms with Gasteiger partial charge in [0.05, 0.1) is 6.42 Å². The second-order valence-electron chi connectivity index (χ2n) is 8.38. The van der Waals surface area contributed by atoms with E-state index in [0.717, 1.165) is 34.6 Å². The van der Waals surface area contributed by atoms with E-state index < -0.39 is 0 Å². The van der Waals surface area contributed by atoms with E-state index in [9.17, 15) is 9.59 Å². The van der Waals surface area contributed by atoms with Crippen LogP contribution in [-0.2, 0) is 36.0 Å². The number of aromatic nitrogens is 5.